The number of carbonyl (C=O) groups excluding carboxylic acids is 2. The van der Waals surface area contributed by atoms with E-state index in [-0.39, 0.29) is 28.6 Å². The second-order valence-electron chi connectivity index (χ2n) is 17.5. The summed E-state index contributed by atoms with van der Waals surface area (Å²) in [5.74, 6) is 0.172. The fourth-order valence-corrected chi connectivity index (χ4v) is 7.72. The van der Waals surface area contributed by atoms with E-state index in [9.17, 15) is 50.1 Å². The Bertz CT molecular complexity index is 3570. The molecule has 5 N–H and O–H groups in total. The number of phenols is 2. The van der Waals surface area contributed by atoms with Crippen LogP contribution in [0.3, 0.4) is 0 Å². The number of carbonyl (C=O) groups is 2. The summed E-state index contributed by atoms with van der Waals surface area (Å²) < 4.78 is 10.1. The van der Waals surface area contributed by atoms with Gasteiger partial charge >= 0.3 is 11.9 Å². The Morgan fingerprint density at radius 3 is 0.869 bits per heavy atom. The first-order valence-electron chi connectivity index (χ1n) is 24.8. The number of benzene rings is 9. The molecular weight excluding hydrogens is 1120 g/mol. The minimum Gasteiger partial charge on any atom is -0.508 e. The number of nitrogens with one attached hydrogen (secondary N) is 3. The summed E-state index contributed by atoms with van der Waals surface area (Å²) >= 11 is 11.9. The molecule has 0 atom stereocenters. The number of halogens is 2. The van der Waals surface area contributed by atoms with Gasteiger partial charge in [0.1, 0.15) is 23.0 Å². The summed E-state index contributed by atoms with van der Waals surface area (Å²) in [6, 6.07) is 59.1. The number of rotatable bonds is 17. The average molecular weight is 1170 g/mol. The minimum absolute atomic E-state index is 0.00950. The van der Waals surface area contributed by atoms with E-state index in [0.29, 0.717) is 66.9 Å². The van der Waals surface area contributed by atoms with Crippen LogP contribution in [0.1, 0.15) is 47.2 Å². The zero-order chi connectivity index (χ0) is 60.1. The Kier molecular flexibility index (Phi) is 21.0. The quantitative estimate of drug-likeness (QED) is 0.0186. The lowest BCUT2D eigenvalue weighted by Gasteiger charge is -2.10. The highest BCUT2D eigenvalue weighted by atomic mass is 35.5. The third kappa shape index (κ3) is 18.1. The van der Waals surface area contributed by atoms with Gasteiger partial charge in [-0.05, 0) is 140 Å². The standard InChI is InChI=1S/C23H19N3O6.C19H13Cl2N3O2.C19H15N3O4/c1-15(27)31-21-10-6-17(7-11-21)23(18-8-12-22(13-9-18)32-16(2)28)25-24-19-4-3-5-20(14-19)26(29)30;20-15-8-4-13(5-9-15)19(14-6-10-16(21)11-7-14)23-22-17-2-1-3-18(12-17)24(25)26;23-17-8-4-13(5-9-17)19(14-6-10-18(24)11-7-14)21-20-15-2-1-3-16(12-15)22(25)26/h3-14,24H,1-2H3;1-12,22H;1-12,20,23-24H. The fourth-order valence-electron chi connectivity index (χ4n) is 7.46. The number of hydrogen-bond donors (Lipinski definition) is 5. The van der Waals surface area contributed by atoms with E-state index < -0.39 is 26.7 Å². The number of nitro groups is 3. The number of hydrogen-bond acceptors (Lipinski definition) is 18. The predicted molar refractivity (Wildman–Crippen MR) is 322 cm³/mol. The molecule has 0 unspecified atom stereocenters. The lowest BCUT2D eigenvalue weighted by molar-refractivity contribution is -0.385. The van der Waals surface area contributed by atoms with Crippen molar-refractivity contribution in [1.82, 2.24) is 0 Å². The van der Waals surface area contributed by atoms with Gasteiger partial charge in [-0.2, -0.15) is 15.3 Å². The van der Waals surface area contributed by atoms with Crippen LogP contribution in [0.15, 0.2) is 234 Å². The van der Waals surface area contributed by atoms with Gasteiger partial charge in [0, 0.05) is 93.7 Å². The predicted octanol–water partition coefficient (Wildman–Crippen LogP) is 13.9. The van der Waals surface area contributed by atoms with Gasteiger partial charge in [-0.15, -0.1) is 0 Å². The molecule has 9 aromatic rings. The van der Waals surface area contributed by atoms with Crippen LogP contribution in [0.25, 0.3) is 0 Å². The van der Waals surface area contributed by atoms with Gasteiger partial charge in [-0.1, -0.05) is 65.7 Å². The van der Waals surface area contributed by atoms with Crippen molar-refractivity contribution in [2.75, 3.05) is 16.3 Å². The summed E-state index contributed by atoms with van der Waals surface area (Å²) in [6.45, 7) is 2.63. The van der Waals surface area contributed by atoms with Crippen molar-refractivity contribution in [3.63, 3.8) is 0 Å². The van der Waals surface area contributed by atoms with Crippen molar-refractivity contribution < 1.29 is 44.0 Å². The van der Waals surface area contributed by atoms with Crippen LogP contribution in [-0.4, -0.2) is 54.1 Å². The molecule has 21 nitrogen and oxygen atoms in total. The van der Waals surface area contributed by atoms with Crippen molar-refractivity contribution in [3.8, 4) is 23.0 Å². The Morgan fingerprint density at radius 2 is 0.631 bits per heavy atom. The van der Waals surface area contributed by atoms with Crippen LogP contribution in [0, 0.1) is 30.3 Å². The van der Waals surface area contributed by atoms with Crippen LogP contribution in [0.4, 0.5) is 34.1 Å². The number of anilines is 3. The molecule has 0 bridgehead atoms. The molecule has 0 fully saturated rings. The van der Waals surface area contributed by atoms with Crippen molar-refractivity contribution in [3.05, 3.63) is 292 Å². The van der Waals surface area contributed by atoms with Crippen LogP contribution in [0.2, 0.25) is 10.0 Å². The number of esters is 2. The third-order valence-electron chi connectivity index (χ3n) is 11.4. The second kappa shape index (κ2) is 29.3. The molecule has 9 aromatic carbocycles. The second-order valence-corrected chi connectivity index (χ2v) is 18.4. The lowest BCUT2D eigenvalue weighted by Crippen LogP contribution is -2.08. The molecule has 23 heteroatoms. The number of non-ortho nitro benzene ring substituents is 3. The molecule has 0 aromatic heterocycles. The van der Waals surface area contributed by atoms with Crippen molar-refractivity contribution in [2.24, 2.45) is 15.3 Å². The summed E-state index contributed by atoms with van der Waals surface area (Å²) in [6.07, 6.45) is 0. The van der Waals surface area contributed by atoms with Gasteiger partial charge < -0.3 is 19.7 Å². The molecule has 422 valence electrons. The first kappa shape index (κ1) is 60.4. The average Bonchev–Trinajstić information content (AvgIpc) is 3.69. The van der Waals surface area contributed by atoms with Crippen molar-refractivity contribution in [1.29, 1.82) is 0 Å². The molecule has 0 amide bonds. The van der Waals surface area contributed by atoms with Crippen molar-refractivity contribution in [2.45, 2.75) is 13.8 Å². The summed E-state index contributed by atoms with van der Waals surface area (Å²) in [5, 5.41) is 66.3. The Hall–Kier alpha value is -11.3. The molecule has 0 radical (unpaired) electrons. The van der Waals surface area contributed by atoms with E-state index in [4.69, 9.17) is 32.7 Å². The molecule has 0 aliphatic rings. The lowest BCUT2D eigenvalue weighted by atomic mass is 10.0. The highest BCUT2D eigenvalue weighted by Gasteiger charge is 2.14. The molecule has 0 saturated carbocycles. The normalized spacial score (nSPS) is 10.1. The van der Waals surface area contributed by atoms with Crippen LogP contribution < -0.4 is 25.8 Å². The van der Waals surface area contributed by atoms with Gasteiger partial charge in [-0.3, -0.25) is 56.2 Å². The highest BCUT2D eigenvalue weighted by Crippen LogP contribution is 2.25. The summed E-state index contributed by atoms with van der Waals surface area (Å²) in [4.78, 5) is 53.7. The minimum atomic E-state index is -0.489. The summed E-state index contributed by atoms with van der Waals surface area (Å²) in [5.41, 5.74) is 16.1. The third-order valence-corrected chi connectivity index (χ3v) is 11.9. The maximum atomic E-state index is 11.2. The number of hydrazone groups is 3. The zero-order valence-corrected chi connectivity index (χ0v) is 45.7. The van der Waals surface area contributed by atoms with Gasteiger partial charge in [0.15, 0.2) is 0 Å². The van der Waals surface area contributed by atoms with Crippen LogP contribution in [0.5, 0.6) is 23.0 Å². The molecule has 84 heavy (non-hydrogen) atoms. The Morgan fingerprint density at radius 1 is 0.393 bits per heavy atom. The highest BCUT2D eigenvalue weighted by molar-refractivity contribution is 6.31. The molecule has 0 heterocycles. The number of ether oxygens (including phenoxy) is 2. The SMILES string of the molecule is CC(=O)Oc1ccc(C(=NNc2cccc([N+](=O)[O-])c2)c2ccc(OC(C)=O)cc2)cc1.O=[N+]([O-])c1cccc(NN=C(c2ccc(Cl)cc2)c2ccc(Cl)cc2)c1.O=[N+]([O-])c1cccc(NN=C(c2ccc(O)cc2)c2ccc(O)cc2)c1. The van der Waals surface area contributed by atoms with E-state index >= 15 is 0 Å². The zero-order valence-electron chi connectivity index (χ0n) is 44.2. The largest absolute Gasteiger partial charge is 0.508 e. The van der Waals surface area contributed by atoms with Crippen LogP contribution >= 0.6 is 23.2 Å². The van der Waals surface area contributed by atoms with Crippen molar-refractivity contribution >= 4 is 86.4 Å². The maximum absolute atomic E-state index is 11.2. The van der Waals surface area contributed by atoms with E-state index in [2.05, 4.69) is 31.6 Å². The molecule has 0 aliphatic carbocycles. The van der Waals surface area contributed by atoms with Gasteiger partial charge in [0.25, 0.3) is 17.1 Å². The van der Waals surface area contributed by atoms with E-state index in [1.807, 2.05) is 24.3 Å². The Labute approximate surface area is 488 Å². The molecular formula is C61H47Cl2N9O12. The maximum Gasteiger partial charge on any atom is 0.308 e. The first-order valence-corrected chi connectivity index (χ1v) is 25.6. The number of nitrogens with zero attached hydrogens (tertiary/aromatic N) is 6. The van der Waals surface area contributed by atoms with Gasteiger partial charge in [0.05, 0.1) is 49.0 Å². The van der Waals surface area contributed by atoms with Gasteiger partial charge in [-0.25, -0.2) is 0 Å². The number of aromatic hydroxyl groups is 2. The monoisotopic (exact) mass is 1170 g/mol. The van der Waals surface area contributed by atoms with E-state index in [0.717, 1.165) is 22.3 Å². The van der Waals surface area contributed by atoms with Gasteiger partial charge in [0.2, 0.25) is 0 Å². The number of nitro benzene ring substituents is 3. The Balaban J connectivity index is 0.000000182. The molecule has 0 saturated heterocycles. The fraction of sp³-hybridized carbons (Fsp3) is 0.0328. The smallest absolute Gasteiger partial charge is 0.308 e. The molecule has 9 rings (SSSR count). The molecule has 0 aliphatic heterocycles. The van der Waals surface area contributed by atoms with E-state index in [1.165, 1.54) is 50.2 Å². The number of phenolic OH excluding ortho intramolecular Hbond substituents is 2. The molecule has 0 spiro atoms. The summed E-state index contributed by atoms with van der Waals surface area (Å²) in [7, 11) is 0. The first-order chi connectivity index (χ1) is 40.4. The topological polar surface area (TPSA) is 296 Å². The van der Waals surface area contributed by atoms with Crippen LogP contribution in [-0.2, 0) is 9.59 Å². The van der Waals surface area contributed by atoms with E-state index in [1.54, 1.807) is 158 Å².